The number of aromatic nitrogens is 1. The van der Waals surface area contributed by atoms with E-state index >= 15 is 0 Å². The lowest BCUT2D eigenvalue weighted by Crippen LogP contribution is -2.31. The third kappa shape index (κ3) is 3.58. The molecule has 0 saturated carbocycles. The fraction of sp³-hybridized carbons (Fsp3) is 0.333. The van der Waals surface area contributed by atoms with Gasteiger partial charge in [0.15, 0.2) is 0 Å². The van der Waals surface area contributed by atoms with Crippen molar-refractivity contribution in [2.45, 2.75) is 32.2 Å². The molecule has 1 aliphatic rings. The molecule has 1 atom stereocenters. The van der Waals surface area contributed by atoms with Gasteiger partial charge in [0.1, 0.15) is 10.8 Å². The van der Waals surface area contributed by atoms with E-state index in [1.54, 1.807) is 11.3 Å². The minimum absolute atomic E-state index is 0.110. The summed E-state index contributed by atoms with van der Waals surface area (Å²) in [7, 11) is 0. The average Bonchev–Trinajstić information content (AvgIpc) is 3.28. The topological polar surface area (TPSA) is 42.4 Å². The second kappa shape index (κ2) is 7.46. The monoisotopic (exact) mass is 366 g/mol. The van der Waals surface area contributed by atoms with Gasteiger partial charge in [0.25, 0.3) is 0 Å². The Morgan fingerprint density at radius 1 is 1.27 bits per heavy atom. The zero-order chi connectivity index (χ0) is 17.9. The van der Waals surface area contributed by atoms with Crippen molar-refractivity contribution in [1.29, 1.82) is 0 Å². The molecule has 1 saturated heterocycles. The van der Waals surface area contributed by atoms with Gasteiger partial charge in [-0.3, -0.25) is 4.79 Å². The van der Waals surface area contributed by atoms with Crippen LogP contribution in [0.25, 0.3) is 10.2 Å². The molecule has 1 amide bonds. The van der Waals surface area contributed by atoms with Crippen LogP contribution in [0.15, 0.2) is 48.5 Å². The van der Waals surface area contributed by atoms with Gasteiger partial charge in [-0.1, -0.05) is 24.3 Å². The molecule has 26 heavy (non-hydrogen) atoms. The fourth-order valence-corrected chi connectivity index (χ4v) is 4.57. The number of rotatable bonds is 5. The summed E-state index contributed by atoms with van der Waals surface area (Å²) >= 11 is 1.70. The molecule has 0 bridgehead atoms. The number of para-hydroxylation sites is 1. The summed E-state index contributed by atoms with van der Waals surface area (Å²) in [5.41, 5.74) is 2.18. The Hall–Kier alpha value is -2.40. The Morgan fingerprint density at radius 3 is 3.00 bits per heavy atom. The minimum atomic E-state index is 0.110. The molecule has 4 rings (SSSR count). The summed E-state index contributed by atoms with van der Waals surface area (Å²) in [5.74, 6) is 0.973. The Balaban J connectivity index is 1.40. The molecule has 2 aromatic carbocycles. The predicted molar refractivity (Wildman–Crippen MR) is 105 cm³/mol. The van der Waals surface area contributed by atoms with Crippen LogP contribution in [0.3, 0.4) is 0 Å². The maximum absolute atomic E-state index is 12.7. The molecule has 2 heterocycles. The van der Waals surface area contributed by atoms with E-state index in [1.165, 1.54) is 4.70 Å². The van der Waals surface area contributed by atoms with Gasteiger partial charge in [0, 0.05) is 6.54 Å². The summed E-state index contributed by atoms with van der Waals surface area (Å²) in [6.07, 6.45) is 2.42. The highest BCUT2D eigenvalue weighted by Gasteiger charge is 2.31. The number of fused-ring (bicyclic) bond motifs is 1. The molecule has 4 nitrogen and oxygen atoms in total. The van der Waals surface area contributed by atoms with Gasteiger partial charge in [-0.15, -0.1) is 11.3 Å². The van der Waals surface area contributed by atoms with E-state index in [4.69, 9.17) is 9.72 Å². The highest BCUT2D eigenvalue weighted by atomic mass is 32.1. The lowest BCUT2D eigenvalue weighted by atomic mass is 10.2. The maximum atomic E-state index is 12.7. The standard InChI is InChI=1S/C21H22N2O2S/c1-15-6-4-7-16(14-15)25-13-11-20(24)23-12-5-9-18(23)21-22-17-8-2-3-10-19(17)26-21/h2-4,6-8,10,14,18H,5,9,11-13H2,1H3. The molecular weight excluding hydrogens is 344 g/mol. The van der Waals surface area contributed by atoms with Crippen molar-refractivity contribution in [1.82, 2.24) is 9.88 Å². The number of ether oxygens (including phenoxy) is 1. The molecule has 1 fully saturated rings. The molecule has 3 aromatic rings. The minimum Gasteiger partial charge on any atom is -0.493 e. The van der Waals surface area contributed by atoms with Crippen LogP contribution in [-0.4, -0.2) is 28.9 Å². The number of likely N-dealkylation sites (tertiary alicyclic amines) is 1. The second-order valence-electron chi connectivity index (χ2n) is 6.68. The predicted octanol–water partition coefficient (Wildman–Crippen LogP) is 4.74. The van der Waals surface area contributed by atoms with Crippen molar-refractivity contribution < 1.29 is 9.53 Å². The molecule has 1 aliphatic heterocycles. The van der Waals surface area contributed by atoms with E-state index in [0.717, 1.165) is 41.2 Å². The fourth-order valence-electron chi connectivity index (χ4n) is 3.46. The largest absolute Gasteiger partial charge is 0.493 e. The van der Waals surface area contributed by atoms with Gasteiger partial charge in [-0.25, -0.2) is 4.98 Å². The average molecular weight is 366 g/mol. The normalized spacial score (nSPS) is 17.0. The van der Waals surface area contributed by atoms with Crippen molar-refractivity contribution in [2.24, 2.45) is 0 Å². The summed E-state index contributed by atoms with van der Waals surface area (Å²) in [4.78, 5) is 19.5. The van der Waals surface area contributed by atoms with Crippen LogP contribution >= 0.6 is 11.3 Å². The van der Waals surface area contributed by atoms with Gasteiger partial charge in [0.05, 0.1) is 29.3 Å². The molecule has 0 spiro atoms. The molecule has 0 N–H and O–H groups in total. The van der Waals surface area contributed by atoms with E-state index in [2.05, 4.69) is 6.07 Å². The summed E-state index contributed by atoms with van der Waals surface area (Å²) in [5, 5.41) is 1.05. The van der Waals surface area contributed by atoms with Crippen molar-refractivity contribution in [3.63, 3.8) is 0 Å². The lowest BCUT2D eigenvalue weighted by molar-refractivity contribution is -0.132. The lowest BCUT2D eigenvalue weighted by Gasteiger charge is -2.23. The summed E-state index contributed by atoms with van der Waals surface area (Å²) in [6, 6.07) is 16.2. The van der Waals surface area contributed by atoms with Gasteiger partial charge in [0.2, 0.25) is 5.91 Å². The van der Waals surface area contributed by atoms with E-state index in [9.17, 15) is 4.79 Å². The van der Waals surface area contributed by atoms with Crippen molar-refractivity contribution in [2.75, 3.05) is 13.2 Å². The van der Waals surface area contributed by atoms with Crippen LogP contribution < -0.4 is 4.74 Å². The first-order chi connectivity index (χ1) is 12.7. The molecule has 1 unspecified atom stereocenters. The van der Waals surface area contributed by atoms with Crippen LogP contribution in [-0.2, 0) is 4.79 Å². The molecule has 1 aromatic heterocycles. The maximum Gasteiger partial charge on any atom is 0.226 e. The first-order valence-electron chi connectivity index (χ1n) is 9.05. The number of amides is 1. The zero-order valence-electron chi connectivity index (χ0n) is 14.9. The molecule has 0 radical (unpaired) electrons. The van der Waals surface area contributed by atoms with Crippen molar-refractivity contribution >= 4 is 27.5 Å². The Labute approximate surface area is 157 Å². The number of benzene rings is 2. The van der Waals surface area contributed by atoms with E-state index in [-0.39, 0.29) is 11.9 Å². The number of aryl methyl sites for hydroxylation is 1. The van der Waals surface area contributed by atoms with Crippen LogP contribution in [0.1, 0.15) is 35.9 Å². The van der Waals surface area contributed by atoms with Crippen molar-refractivity contribution in [3.05, 3.63) is 59.1 Å². The van der Waals surface area contributed by atoms with E-state index < -0.39 is 0 Å². The first-order valence-corrected chi connectivity index (χ1v) is 9.87. The molecule has 134 valence electrons. The number of carbonyl (C=O) groups excluding carboxylic acids is 1. The van der Waals surface area contributed by atoms with E-state index in [0.29, 0.717) is 13.0 Å². The van der Waals surface area contributed by atoms with Crippen LogP contribution in [0.5, 0.6) is 5.75 Å². The summed E-state index contributed by atoms with van der Waals surface area (Å²) < 4.78 is 6.93. The van der Waals surface area contributed by atoms with Gasteiger partial charge in [-0.2, -0.15) is 0 Å². The Morgan fingerprint density at radius 2 is 2.15 bits per heavy atom. The summed E-state index contributed by atoms with van der Waals surface area (Å²) in [6.45, 7) is 3.25. The van der Waals surface area contributed by atoms with Gasteiger partial charge in [-0.05, 0) is 49.6 Å². The van der Waals surface area contributed by atoms with Crippen molar-refractivity contribution in [3.8, 4) is 5.75 Å². The van der Waals surface area contributed by atoms with Gasteiger partial charge < -0.3 is 9.64 Å². The molecule has 5 heteroatoms. The molecular formula is C21H22N2O2S. The Bertz CT molecular complexity index is 888. The second-order valence-corrected chi connectivity index (χ2v) is 7.74. The zero-order valence-corrected chi connectivity index (χ0v) is 15.7. The highest BCUT2D eigenvalue weighted by Crippen LogP contribution is 2.36. The highest BCUT2D eigenvalue weighted by molar-refractivity contribution is 7.18. The van der Waals surface area contributed by atoms with Crippen LogP contribution in [0, 0.1) is 6.92 Å². The number of hydrogen-bond acceptors (Lipinski definition) is 4. The molecule has 0 aliphatic carbocycles. The van der Waals surface area contributed by atoms with E-state index in [1.807, 2.05) is 54.3 Å². The smallest absolute Gasteiger partial charge is 0.226 e. The number of thiazole rings is 1. The van der Waals surface area contributed by atoms with Crippen LogP contribution in [0.2, 0.25) is 0 Å². The SMILES string of the molecule is Cc1cccc(OCCC(=O)N2CCCC2c2nc3ccccc3s2)c1. The number of nitrogens with zero attached hydrogens (tertiary/aromatic N) is 2. The van der Waals surface area contributed by atoms with Gasteiger partial charge >= 0.3 is 0 Å². The number of carbonyl (C=O) groups is 1. The first kappa shape index (κ1) is 17.0. The quantitative estimate of drug-likeness (QED) is 0.655. The Kier molecular flexibility index (Phi) is 4.89. The van der Waals surface area contributed by atoms with Crippen LogP contribution in [0.4, 0.5) is 0 Å². The third-order valence-corrected chi connectivity index (χ3v) is 5.88. The number of hydrogen-bond donors (Lipinski definition) is 0. The third-order valence-electron chi connectivity index (χ3n) is 4.74.